The number of hydrogen-bond acceptors (Lipinski definition) is 4. The van der Waals surface area contributed by atoms with Crippen LogP contribution in [0.15, 0.2) is 67.1 Å². The summed E-state index contributed by atoms with van der Waals surface area (Å²) >= 11 is 5.89. The molecule has 0 aliphatic heterocycles. The number of nitrogens with zero attached hydrogens (tertiary/aromatic N) is 3. The van der Waals surface area contributed by atoms with Gasteiger partial charge in [0.2, 0.25) is 0 Å². The van der Waals surface area contributed by atoms with Crippen LogP contribution in [0.25, 0.3) is 0 Å². The minimum Gasteiger partial charge on any atom is -0.359 e. The lowest BCUT2D eigenvalue weighted by molar-refractivity contribution is 0.0954. The van der Waals surface area contributed by atoms with E-state index in [0.29, 0.717) is 17.1 Å². The van der Waals surface area contributed by atoms with Gasteiger partial charge in [0.25, 0.3) is 5.91 Å². The van der Waals surface area contributed by atoms with E-state index in [1.807, 2.05) is 54.4 Å². The SMILES string of the molecule is CN(CCc1ccncc1)c1cc(C(=O)NCCc2ccc(Cl)cc2)ccn1. The molecule has 0 aliphatic rings. The molecule has 1 amide bonds. The van der Waals surface area contributed by atoms with E-state index in [0.717, 1.165) is 30.8 Å². The lowest BCUT2D eigenvalue weighted by atomic mass is 10.1. The van der Waals surface area contributed by atoms with Crippen molar-refractivity contribution in [2.24, 2.45) is 0 Å². The molecular weight excluding hydrogens is 372 g/mol. The van der Waals surface area contributed by atoms with Gasteiger partial charge < -0.3 is 10.2 Å². The van der Waals surface area contributed by atoms with Gasteiger partial charge in [0.05, 0.1) is 0 Å². The third kappa shape index (κ3) is 5.79. The molecule has 144 valence electrons. The highest BCUT2D eigenvalue weighted by molar-refractivity contribution is 6.30. The summed E-state index contributed by atoms with van der Waals surface area (Å²) in [7, 11) is 1.98. The number of amides is 1. The van der Waals surface area contributed by atoms with Crippen LogP contribution in [0.1, 0.15) is 21.5 Å². The summed E-state index contributed by atoms with van der Waals surface area (Å²) in [6.45, 7) is 1.37. The predicted octanol–water partition coefficient (Wildman–Crippen LogP) is 3.78. The van der Waals surface area contributed by atoms with Gasteiger partial charge >= 0.3 is 0 Å². The first-order valence-corrected chi connectivity index (χ1v) is 9.58. The molecule has 2 heterocycles. The van der Waals surface area contributed by atoms with Gasteiger partial charge in [-0.1, -0.05) is 23.7 Å². The molecule has 0 spiro atoms. The van der Waals surface area contributed by atoms with E-state index in [4.69, 9.17) is 11.6 Å². The van der Waals surface area contributed by atoms with Crippen LogP contribution in [0, 0.1) is 0 Å². The number of benzene rings is 1. The average Bonchev–Trinajstić information content (AvgIpc) is 2.74. The predicted molar refractivity (Wildman–Crippen MR) is 113 cm³/mol. The Morgan fingerprint density at radius 1 is 1.00 bits per heavy atom. The smallest absolute Gasteiger partial charge is 0.251 e. The van der Waals surface area contributed by atoms with Gasteiger partial charge in [0.15, 0.2) is 0 Å². The molecule has 28 heavy (non-hydrogen) atoms. The Labute approximate surface area is 170 Å². The third-order valence-electron chi connectivity index (χ3n) is 4.50. The van der Waals surface area contributed by atoms with E-state index in [1.165, 1.54) is 5.56 Å². The molecule has 2 aromatic heterocycles. The van der Waals surface area contributed by atoms with Gasteiger partial charge in [0.1, 0.15) is 5.82 Å². The maximum Gasteiger partial charge on any atom is 0.251 e. The van der Waals surface area contributed by atoms with Gasteiger partial charge in [0, 0.05) is 49.3 Å². The second kappa shape index (κ2) is 9.85. The molecule has 0 saturated carbocycles. The number of pyridine rings is 2. The monoisotopic (exact) mass is 394 g/mol. The molecule has 0 radical (unpaired) electrons. The van der Waals surface area contributed by atoms with Crippen molar-refractivity contribution in [3.8, 4) is 0 Å². The number of anilines is 1. The maximum absolute atomic E-state index is 12.5. The van der Waals surface area contributed by atoms with Crippen molar-refractivity contribution in [2.45, 2.75) is 12.8 Å². The summed E-state index contributed by atoms with van der Waals surface area (Å²) in [5.41, 5.74) is 2.96. The Kier molecular flexibility index (Phi) is 6.98. The fourth-order valence-corrected chi connectivity index (χ4v) is 2.93. The highest BCUT2D eigenvalue weighted by atomic mass is 35.5. The maximum atomic E-state index is 12.5. The zero-order chi connectivity index (χ0) is 19.8. The second-order valence-electron chi connectivity index (χ2n) is 6.56. The summed E-state index contributed by atoms with van der Waals surface area (Å²) in [4.78, 5) is 22.9. The first-order chi connectivity index (χ1) is 13.6. The molecular formula is C22H23ClN4O. The van der Waals surface area contributed by atoms with Crippen molar-refractivity contribution in [3.63, 3.8) is 0 Å². The van der Waals surface area contributed by atoms with Crippen molar-refractivity contribution in [2.75, 3.05) is 25.0 Å². The minimum absolute atomic E-state index is 0.0971. The van der Waals surface area contributed by atoms with Gasteiger partial charge in [-0.25, -0.2) is 4.98 Å². The Balaban J connectivity index is 1.52. The van der Waals surface area contributed by atoms with Gasteiger partial charge in [-0.15, -0.1) is 0 Å². The molecule has 0 atom stereocenters. The summed E-state index contributed by atoms with van der Waals surface area (Å²) in [5, 5.41) is 3.67. The van der Waals surface area contributed by atoms with E-state index in [9.17, 15) is 4.79 Å². The molecule has 5 nitrogen and oxygen atoms in total. The molecule has 6 heteroatoms. The van der Waals surface area contributed by atoms with Crippen LogP contribution in [-0.2, 0) is 12.8 Å². The van der Waals surface area contributed by atoms with Crippen LogP contribution in [0.3, 0.4) is 0 Å². The number of rotatable bonds is 8. The molecule has 3 aromatic rings. The van der Waals surface area contributed by atoms with E-state index in [1.54, 1.807) is 24.7 Å². The number of likely N-dealkylation sites (N-methyl/N-ethyl adjacent to an activating group) is 1. The summed E-state index contributed by atoms with van der Waals surface area (Å²) in [6.07, 6.45) is 6.91. The molecule has 0 aliphatic carbocycles. The van der Waals surface area contributed by atoms with Crippen LogP contribution in [0.4, 0.5) is 5.82 Å². The molecule has 0 saturated heterocycles. The standard InChI is InChI=1S/C22H23ClN4O/c1-27(15-10-18-6-11-24-12-7-18)21-16-19(9-14-25-21)22(28)26-13-8-17-2-4-20(23)5-3-17/h2-7,9,11-12,14,16H,8,10,13,15H2,1H3,(H,26,28). The van der Waals surface area contributed by atoms with Crippen LogP contribution in [0.2, 0.25) is 5.02 Å². The number of nitrogens with one attached hydrogen (secondary N) is 1. The number of hydrogen-bond donors (Lipinski definition) is 1. The number of carbonyl (C=O) groups is 1. The fourth-order valence-electron chi connectivity index (χ4n) is 2.80. The lowest BCUT2D eigenvalue weighted by Gasteiger charge is -2.18. The molecule has 0 fully saturated rings. The zero-order valence-corrected chi connectivity index (χ0v) is 16.6. The Bertz CT molecular complexity index is 900. The van der Waals surface area contributed by atoms with Crippen molar-refractivity contribution in [1.82, 2.24) is 15.3 Å². The summed E-state index contributed by atoms with van der Waals surface area (Å²) in [6, 6.07) is 15.2. The Morgan fingerprint density at radius 2 is 1.71 bits per heavy atom. The van der Waals surface area contributed by atoms with Crippen molar-refractivity contribution in [3.05, 3.63) is 88.8 Å². The molecule has 1 aromatic carbocycles. The highest BCUT2D eigenvalue weighted by Gasteiger charge is 2.09. The Morgan fingerprint density at radius 3 is 2.46 bits per heavy atom. The van der Waals surface area contributed by atoms with E-state index in [-0.39, 0.29) is 5.91 Å². The zero-order valence-electron chi connectivity index (χ0n) is 15.8. The van der Waals surface area contributed by atoms with Gasteiger partial charge in [-0.2, -0.15) is 0 Å². The molecule has 1 N–H and O–H groups in total. The molecule has 0 bridgehead atoms. The summed E-state index contributed by atoms with van der Waals surface area (Å²) in [5.74, 6) is 0.680. The van der Waals surface area contributed by atoms with E-state index in [2.05, 4.69) is 15.3 Å². The van der Waals surface area contributed by atoms with Gasteiger partial charge in [-0.05, 0) is 60.4 Å². The van der Waals surface area contributed by atoms with Crippen LogP contribution < -0.4 is 10.2 Å². The Hall–Kier alpha value is -2.92. The lowest BCUT2D eigenvalue weighted by Crippen LogP contribution is -2.26. The number of halogens is 1. The van der Waals surface area contributed by atoms with Crippen LogP contribution in [0.5, 0.6) is 0 Å². The second-order valence-corrected chi connectivity index (χ2v) is 7.00. The normalized spacial score (nSPS) is 10.5. The average molecular weight is 395 g/mol. The van der Waals surface area contributed by atoms with Crippen LogP contribution >= 0.6 is 11.6 Å². The van der Waals surface area contributed by atoms with E-state index >= 15 is 0 Å². The molecule has 0 unspecified atom stereocenters. The summed E-state index contributed by atoms with van der Waals surface area (Å²) < 4.78 is 0. The van der Waals surface area contributed by atoms with Gasteiger partial charge in [-0.3, -0.25) is 9.78 Å². The number of carbonyl (C=O) groups excluding carboxylic acids is 1. The first-order valence-electron chi connectivity index (χ1n) is 9.20. The highest BCUT2D eigenvalue weighted by Crippen LogP contribution is 2.13. The molecule has 3 rings (SSSR count). The quantitative estimate of drug-likeness (QED) is 0.631. The largest absolute Gasteiger partial charge is 0.359 e. The number of aromatic nitrogens is 2. The third-order valence-corrected chi connectivity index (χ3v) is 4.75. The van der Waals surface area contributed by atoms with Crippen LogP contribution in [-0.4, -0.2) is 36.0 Å². The first kappa shape index (κ1) is 19.8. The topological polar surface area (TPSA) is 58.1 Å². The van der Waals surface area contributed by atoms with Crippen molar-refractivity contribution < 1.29 is 4.79 Å². The van der Waals surface area contributed by atoms with Crippen molar-refractivity contribution in [1.29, 1.82) is 0 Å². The fraction of sp³-hybridized carbons (Fsp3) is 0.227. The van der Waals surface area contributed by atoms with Crippen molar-refractivity contribution >= 4 is 23.3 Å². The minimum atomic E-state index is -0.0971. The van der Waals surface area contributed by atoms with E-state index < -0.39 is 0 Å².